The van der Waals surface area contributed by atoms with Crippen LogP contribution in [0, 0.1) is 0 Å². The standard InChI is InChI=1S/C20H23F4N3O8P2/c21-19(22,36(30,31)32)14-8-6-13(7-9-14)10-15(17(25)28)26-18(29)16(11-12-4-2-1-3-5-12)27-20(23,24)37(33,34)35/h1-9,15-16,27H,10-11H2,(H2,25,28)(H,26,29)(H2,30,31,32)(H2,33,34,35)/t15-,16-/m0/s1. The van der Waals surface area contributed by atoms with Crippen LogP contribution in [-0.4, -0.2) is 49.3 Å². The first-order valence-electron chi connectivity index (χ1n) is 10.2. The molecule has 0 radical (unpaired) electrons. The number of amides is 2. The maximum atomic E-state index is 14.0. The van der Waals surface area contributed by atoms with Crippen LogP contribution in [-0.2, 0) is 37.2 Å². The second-order valence-corrected chi connectivity index (χ2v) is 11.2. The molecule has 2 atom stereocenters. The van der Waals surface area contributed by atoms with Crippen LogP contribution in [0.25, 0.3) is 0 Å². The van der Waals surface area contributed by atoms with Crippen molar-refractivity contribution < 1.29 is 55.9 Å². The molecule has 0 spiro atoms. The predicted molar refractivity (Wildman–Crippen MR) is 121 cm³/mol. The number of carbonyl (C=O) groups is 2. The van der Waals surface area contributed by atoms with Crippen molar-refractivity contribution in [3.8, 4) is 0 Å². The van der Waals surface area contributed by atoms with Gasteiger partial charge in [0.15, 0.2) is 0 Å². The molecule has 204 valence electrons. The molecule has 0 saturated heterocycles. The molecule has 0 bridgehead atoms. The average molecular weight is 571 g/mol. The molecule has 0 heterocycles. The number of hydrogen-bond donors (Lipinski definition) is 7. The van der Waals surface area contributed by atoms with Gasteiger partial charge in [-0.1, -0.05) is 54.6 Å². The van der Waals surface area contributed by atoms with Crippen LogP contribution in [0.15, 0.2) is 54.6 Å². The fraction of sp³-hybridized carbons (Fsp3) is 0.300. The van der Waals surface area contributed by atoms with Crippen molar-refractivity contribution in [2.45, 2.75) is 36.4 Å². The SMILES string of the molecule is NC(=O)[C@H](Cc1ccc(C(F)(F)P(=O)(O)O)cc1)NC(=O)[C@H](Cc1ccccc1)NC(F)(F)P(=O)(O)O. The predicted octanol–water partition coefficient (Wildman–Crippen LogP) is 1.36. The molecule has 2 rings (SSSR count). The molecule has 11 nitrogen and oxygen atoms in total. The van der Waals surface area contributed by atoms with E-state index in [-0.39, 0.29) is 5.56 Å². The van der Waals surface area contributed by atoms with Gasteiger partial charge >= 0.3 is 26.6 Å². The summed E-state index contributed by atoms with van der Waals surface area (Å²) in [6.07, 6.45) is -0.907. The summed E-state index contributed by atoms with van der Waals surface area (Å²) in [5, 5.41) is 3.40. The van der Waals surface area contributed by atoms with Gasteiger partial charge in [0.2, 0.25) is 11.8 Å². The molecule has 2 aromatic rings. The van der Waals surface area contributed by atoms with Crippen LogP contribution in [0.2, 0.25) is 0 Å². The third-order valence-electron chi connectivity index (χ3n) is 5.08. The van der Waals surface area contributed by atoms with E-state index < -0.39 is 68.9 Å². The highest BCUT2D eigenvalue weighted by Gasteiger charge is 2.51. The van der Waals surface area contributed by atoms with Gasteiger partial charge in [-0.3, -0.25) is 18.7 Å². The number of carbonyl (C=O) groups excluding carboxylic acids is 2. The van der Waals surface area contributed by atoms with E-state index in [1.54, 1.807) is 6.07 Å². The summed E-state index contributed by atoms with van der Waals surface area (Å²) in [5.41, 5.74) is 0.195. The number of hydrogen-bond acceptors (Lipinski definition) is 5. The smallest absolute Gasteiger partial charge is 0.368 e. The second kappa shape index (κ2) is 11.4. The average Bonchev–Trinajstić information content (AvgIpc) is 2.77. The monoisotopic (exact) mass is 571 g/mol. The highest BCUT2D eigenvalue weighted by Crippen LogP contribution is 2.59. The molecular weight excluding hydrogens is 548 g/mol. The molecule has 0 aromatic heterocycles. The molecule has 2 aromatic carbocycles. The summed E-state index contributed by atoms with van der Waals surface area (Å²) in [7, 11) is -11.9. The molecule has 0 aliphatic rings. The summed E-state index contributed by atoms with van der Waals surface area (Å²) < 4.78 is 77.9. The third-order valence-corrected chi connectivity index (χ3v) is 6.93. The Hall–Kier alpha value is -2.64. The Labute approximate surface area is 207 Å². The lowest BCUT2D eigenvalue weighted by atomic mass is 10.0. The van der Waals surface area contributed by atoms with Crippen molar-refractivity contribution in [2.24, 2.45) is 5.73 Å². The van der Waals surface area contributed by atoms with E-state index >= 15 is 0 Å². The summed E-state index contributed by atoms with van der Waals surface area (Å²) >= 11 is 0. The number of primary amides is 1. The Morgan fingerprint density at radius 1 is 0.811 bits per heavy atom. The van der Waals surface area contributed by atoms with E-state index in [0.717, 1.165) is 12.1 Å². The highest BCUT2D eigenvalue weighted by atomic mass is 31.2. The highest BCUT2D eigenvalue weighted by molar-refractivity contribution is 7.53. The zero-order valence-electron chi connectivity index (χ0n) is 18.7. The number of nitrogens with two attached hydrogens (primary N) is 1. The minimum Gasteiger partial charge on any atom is -0.368 e. The van der Waals surface area contributed by atoms with E-state index in [0.29, 0.717) is 17.7 Å². The van der Waals surface area contributed by atoms with Crippen LogP contribution in [0.5, 0.6) is 0 Å². The lowest BCUT2D eigenvalue weighted by Gasteiger charge is -2.27. The van der Waals surface area contributed by atoms with Crippen LogP contribution >= 0.6 is 15.2 Å². The van der Waals surface area contributed by atoms with E-state index in [1.807, 2.05) is 0 Å². The van der Waals surface area contributed by atoms with Crippen molar-refractivity contribution >= 4 is 27.0 Å². The van der Waals surface area contributed by atoms with Gasteiger partial charge in [-0.05, 0) is 17.5 Å². The van der Waals surface area contributed by atoms with Gasteiger partial charge in [0, 0.05) is 12.0 Å². The zero-order valence-corrected chi connectivity index (χ0v) is 20.5. The van der Waals surface area contributed by atoms with Crippen molar-refractivity contribution in [2.75, 3.05) is 0 Å². The van der Waals surface area contributed by atoms with Gasteiger partial charge in [-0.2, -0.15) is 17.6 Å². The molecule has 2 amide bonds. The van der Waals surface area contributed by atoms with Gasteiger partial charge in [0.05, 0.1) is 6.04 Å². The molecule has 0 fully saturated rings. The third kappa shape index (κ3) is 7.92. The van der Waals surface area contributed by atoms with Crippen molar-refractivity contribution in [1.29, 1.82) is 0 Å². The summed E-state index contributed by atoms with van der Waals surface area (Å²) in [6, 6.07) is 7.39. The largest absolute Gasteiger partial charge is 0.410 e. The maximum absolute atomic E-state index is 14.0. The Bertz CT molecular complexity index is 1210. The molecule has 0 unspecified atom stereocenters. The second-order valence-electron chi connectivity index (χ2n) is 7.92. The zero-order chi connectivity index (χ0) is 28.2. The summed E-state index contributed by atoms with van der Waals surface area (Å²) in [4.78, 5) is 60.2. The van der Waals surface area contributed by atoms with Crippen molar-refractivity contribution in [1.82, 2.24) is 10.6 Å². The van der Waals surface area contributed by atoms with Gasteiger partial charge < -0.3 is 30.6 Å². The lowest BCUT2D eigenvalue weighted by Crippen LogP contribution is -2.56. The maximum Gasteiger partial charge on any atom is 0.410 e. The lowest BCUT2D eigenvalue weighted by molar-refractivity contribution is -0.130. The number of benzene rings is 2. The van der Waals surface area contributed by atoms with Crippen molar-refractivity contribution in [3.63, 3.8) is 0 Å². The van der Waals surface area contributed by atoms with Crippen LogP contribution in [0.1, 0.15) is 16.7 Å². The fourth-order valence-corrected chi connectivity index (χ4v) is 3.90. The van der Waals surface area contributed by atoms with Crippen LogP contribution < -0.4 is 16.4 Å². The fourth-order valence-electron chi connectivity index (χ4n) is 3.09. The Morgan fingerprint density at radius 3 is 1.76 bits per heavy atom. The minimum absolute atomic E-state index is 0.0995. The molecule has 17 heteroatoms. The van der Waals surface area contributed by atoms with E-state index in [4.69, 9.17) is 25.3 Å². The van der Waals surface area contributed by atoms with Gasteiger partial charge in [0.25, 0.3) is 0 Å². The molecule has 0 aliphatic heterocycles. The molecule has 0 aliphatic carbocycles. The van der Waals surface area contributed by atoms with E-state index in [1.165, 1.54) is 29.6 Å². The first kappa shape index (κ1) is 30.6. The number of nitrogens with one attached hydrogen (secondary N) is 2. The van der Waals surface area contributed by atoms with Crippen LogP contribution in [0.3, 0.4) is 0 Å². The van der Waals surface area contributed by atoms with Crippen molar-refractivity contribution in [3.05, 3.63) is 71.3 Å². The molecule has 8 N–H and O–H groups in total. The number of alkyl halides is 4. The Kier molecular flexibility index (Phi) is 9.42. The Balaban J connectivity index is 2.26. The van der Waals surface area contributed by atoms with Gasteiger partial charge in [-0.15, -0.1) is 0 Å². The van der Waals surface area contributed by atoms with E-state index in [2.05, 4.69) is 5.32 Å². The van der Waals surface area contributed by atoms with Gasteiger partial charge in [-0.25, -0.2) is 5.32 Å². The Morgan fingerprint density at radius 2 is 1.30 bits per heavy atom. The molecule has 37 heavy (non-hydrogen) atoms. The molecular formula is C20H23F4N3O8P2. The first-order valence-corrected chi connectivity index (χ1v) is 13.5. The quantitative estimate of drug-likeness (QED) is 0.112. The number of rotatable bonds is 12. The van der Waals surface area contributed by atoms with Crippen LogP contribution in [0.4, 0.5) is 17.6 Å². The van der Waals surface area contributed by atoms with E-state index in [9.17, 15) is 36.3 Å². The minimum atomic E-state index is -6.04. The molecule has 0 saturated carbocycles. The first-order chi connectivity index (χ1) is 16.8. The summed E-state index contributed by atoms with van der Waals surface area (Å²) in [5.74, 6) is -7.23. The summed E-state index contributed by atoms with van der Waals surface area (Å²) in [6.45, 7) is 0. The number of halogens is 4. The van der Waals surface area contributed by atoms with Gasteiger partial charge in [0.1, 0.15) is 6.04 Å². The topological polar surface area (TPSA) is 199 Å². The normalized spacial score (nSPS) is 14.6.